The smallest absolute Gasteiger partial charge is 0.268 e. The van der Waals surface area contributed by atoms with Crippen molar-refractivity contribution in [2.24, 2.45) is 0 Å². The molecular formula is C59H44N4OPt-2. The summed E-state index contributed by atoms with van der Waals surface area (Å²) >= 11 is 0. The fraction of sp³-hybridized carbons (Fsp3) is 0.0847. The van der Waals surface area contributed by atoms with Crippen LogP contribution in [0.1, 0.15) is 44.2 Å². The summed E-state index contributed by atoms with van der Waals surface area (Å²) in [7, 11) is 0. The summed E-state index contributed by atoms with van der Waals surface area (Å²) in [6, 6.07) is 44.3. The van der Waals surface area contributed by atoms with E-state index in [4.69, 9.17) is 23.4 Å². The minimum Gasteiger partial charge on any atom is -0.510 e. The summed E-state index contributed by atoms with van der Waals surface area (Å²) in [5, 5.41) is 2.01. The predicted octanol–water partition coefficient (Wildman–Crippen LogP) is 13.8. The quantitative estimate of drug-likeness (QED) is 0.101. The molecule has 0 saturated carbocycles. The van der Waals surface area contributed by atoms with Crippen molar-refractivity contribution in [2.75, 3.05) is 0 Å². The van der Waals surface area contributed by atoms with Gasteiger partial charge >= 0.3 is 0 Å². The van der Waals surface area contributed by atoms with E-state index in [1.54, 1.807) is 33.4 Å². The van der Waals surface area contributed by atoms with E-state index in [1.165, 1.54) is 5.56 Å². The maximum absolute atomic E-state index is 9.06. The maximum Gasteiger partial charge on any atom is 0.268 e. The van der Waals surface area contributed by atoms with E-state index in [9.17, 15) is 0 Å². The summed E-state index contributed by atoms with van der Waals surface area (Å²) in [5.41, 5.74) is 6.67. The maximum atomic E-state index is 9.06. The van der Waals surface area contributed by atoms with Crippen molar-refractivity contribution in [3.8, 4) is 50.9 Å². The third kappa shape index (κ3) is 7.77. The van der Waals surface area contributed by atoms with Crippen molar-refractivity contribution >= 4 is 32.8 Å². The topological polar surface area (TPSA) is 35.9 Å². The van der Waals surface area contributed by atoms with Crippen LogP contribution >= 0.6 is 0 Å². The molecule has 0 saturated heterocycles. The molecule has 3 heterocycles. The molecule has 6 heteroatoms. The Bertz CT molecular complexity index is 3950. The average molecular weight is 1030 g/mol. The third-order valence-electron chi connectivity index (χ3n) is 11.7. The standard InChI is InChI=1S/C59H44N4O.Pt/c1-41-18-15-31-54-57(41)62(58-49(43-19-7-4-8-20-43)28-17-29-50(58)44-21-9-5-10-22-44)40-61(54)46-25-16-26-47(37-46)64-48-32-33-52-51-27-13-14-30-53(51)63(55(52)38-48)56-36-42(34-35-60-56)39-59(2,3)45-23-11-6-12-24-45;/h4-36H,39H2,1-3H3;/q-2;/i4D,5D,7D,8D,9D,10D,19D,20D,21D,22D;. The van der Waals surface area contributed by atoms with Gasteiger partial charge < -0.3 is 13.9 Å². The molecule has 0 N–H and O–H groups in total. The largest absolute Gasteiger partial charge is 0.510 e. The Morgan fingerprint density at radius 3 is 2.08 bits per heavy atom. The van der Waals surface area contributed by atoms with Crippen molar-refractivity contribution in [1.29, 1.82) is 0 Å². The van der Waals surface area contributed by atoms with Gasteiger partial charge in [-0.2, -0.15) is 18.2 Å². The molecule has 318 valence electrons. The minimum atomic E-state index is -0.572. The summed E-state index contributed by atoms with van der Waals surface area (Å²) in [5.74, 6) is 1.54. The molecule has 8 aromatic carbocycles. The second kappa shape index (κ2) is 17.3. The number of aromatic nitrogens is 4. The monoisotopic (exact) mass is 1030 g/mol. The number of para-hydroxylation sites is 3. The summed E-state index contributed by atoms with van der Waals surface area (Å²) in [6.07, 6.45) is 6.10. The van der Waals surface area contributed by atoms with Crippen LogP contribution in [0.25, 0.3) is 72.3 Å². The average Bonchev–Trinajstić information content (AvgIpc) is 3.97. The van der Waals surface area contributed by atoms with Gasteiger partial charge in [-0.05, 0) is 87.0 Å². The molecule has 0 radical (unpaired) electrons. The van der Waals surface area contributed by atoms with E-state index in [1.807, 2.05) is 73.8 Å². The van der Waals surface area contributed by atoms with Gasteiger partial charge in [-0.15, -0.1) is 29.7 Å². The Morgan fingerprint density at radius 2 is 1.32 bits per heavy atom. The molecule has 11 rings (SSSR count). The van der Waals surface area contributed by atoms with Crippen LogP contribution in [0.2, 0.25) is 0 Å². The molecule has 0 fully saturated rings. The fourth-order valence-electron chi connectivity index (χ4n) is 8.73. The third-order valence-corrected chi connectivity index (χ3v) is 11.7. The molecule has 5 nitrogen and oxygen atoms in total. The fourth-order valence-corrected chi connectivity index (χ4v) is 8.73. The van der Waals surface area contributed by atoms with Crippen molar-refractivity contribution in [3.63, 3.8) is 0 Å². The van der Waals surface area contributed by atoms with E-state index < -0.39 is 60.4 Å². The Balaban J connectivity index is 0.00000641. The molecule has 11 aromatic rings. The number of nitrogens with zero attached hydrogens (tertiary/aromatic N) is 4. The molecule has 3 aromatic heterocycles. The second-order valence-electron chi connectivity index (χ2n) is 16.3. The number of imidazole rings is 1. The zero-order valence-corrected chi connectivity index (χ0v) is 37.8. The molecule has 0 atom stereocenters. The molecule has 0 spiro atoms. The van der Waals surface area contributed by atoms with E-state index in [0.29, 0.717) is 28.2 Å². The van der Waals surface area contributed by atoms with E-state index in [-0.39, 0.29) is 54.4 Å². The van der Waals surface area contributed by atoms with Crippen molar-refractivity contribution in [2.45, 2.75) is 32.6 Å². The number of rotatable bonds is 10. The molecule has 0 amide bonds. The van der Waals surface area contributed by atoms with Crippen molar-refractivity contribution < 1.29 is 44.1 Å². The van der Waals surface area contributed by atoms with Gasteiger partial charge in [0.15, 0.2) is 0 Å². The van der Waals surface area contributed by atoms with Crippen LogP contribution in [0.5, 0.6) is 11.5 Å². The van der Waals surface area contributed by atoms with E-state index >= 15 is 0 Å². The zero-order valence-electron chi connectivity index (χ0n) is 45.5. The van der Waals surface area contributed by atoms with Crippen LogP contribution in [0.3, 0.4) is 0 Å². The molecule has 0 aliphatic carbocycles. The molecule has 0 bridgehead atoms. The first-order valence-electron chi connectivity index (χ1n) is 25.9. The van der Waals surface area contributed by atoms with E-state index in [2.05, 4.69) is 85.4 Å². The van der Waals surface area contributed by atoms with Crippen molar-refractivity contribution in [3.05, 3.63) is 235 Å². The van der Waals surface area contributed by atoms with Crippen LogP contribution in [0.15, 0.2) is 200 Å². The molecule has 0 aliphatic rings. The summed E-state index contributed by atoms with van der Waals surface area (Å²) in [4.78, 5) is 4.89. The first kappa shape index (κ1) is 31.5. The van der Waals surface area contributed by atoms with Crippen molar-refractivity contribution in [1.82, 2.24) is 14.1 Å². The van der Waals surface area contributed by atoms with E-state index in [0.717, 1.165) is 45.2 Å². The first-order chi connectivity index (χ1) is 35.5. The number of benzene rings is 8. The van der Waals surface area contributed by atoms with Gasteiger partial charge in [-0.25, -0.2) is 4.98 Å². The Labute approximate surface area is 408 Å². The predicted molar refractivity (Wildman–Crippen MR) is 259 cm³/mol. The molecule has 65 heavy (non-hydrogen) atoms. The molecular weight excluding hydrogens is 976 g/mol. The van der Waals surface area contributed by atoms with Gasteiger partial charge in [-0.3, -0.25) is 4.57 Å². The van der Waals surface area contributed by atoms with Crippen LogP contribution in [-0.4, -0.2) is 14.1 Å². The summed E-state index contributed by atoms with van der Waals surface area (Å²) in [6.45, 7) is 6.39. The first-order valence-corrected chi connectivity index (χ1v) is 20.9. The number of hydrogen-bond acceptors (Lipinski definition) is 2. The molecule has 0 unspecified atom stereocenters. The number of aryl methyl sites for hydroxylation is 1. The normalized spacial score (nSPS) is 13.7. The van der Waals surface area contributed by atoms with Crippen LogP contribution in [-0.2, 0) is 32.9 Å². The SMILES string of the molecule is [2H]c1c([2H])c([2H])c(-c2cccc(-c3c([2H])c([2H])c([2H])c([2H])c3[2H])c2-[n+]2[c-]n(-c3[c-]c(Oc4[c-]c5c(cc4)c4ccccc4n5-c4cc(CC(C)(C)c5ccccc5)ccn4)ccc3)c3cccc(C)c32)c([2H])c1[2H].[Pt]. The van der Waals surface area contributed by atoms with Gasteiger partial charge in [0.25, 0.3) is 6.33 Å². The Morgan fingerprint density at radius 1 is 0.662 bits per heavy atom. The van der Waals surface area contributed by atoms with Gasteiger partial charge in [0.05, 0.1) is 30.4 Å². The van der Waals surface area contributed by atoms with Crippen LogP contribution < -0.4 is 9.30 Å². The number of ether oxygens (including phenoxy) is 1. The van der Waals surface area contributed by atoms with Gasteiger partial charge in [0.2, 0.25) is 0 Å². The second-order valence-corrected chi connectivity index (χ2v) is 16.3. The molecule has 0 aliphatic heterocycles. The Kier molecular flexibility index (Phi) is 8.40. The number of pyridine rings is 1. The zero-order chi connectivity index (χ0) is 51.9. The number of fused-ring (bicyclic) bond motifs is 4. The van der Waals surface area contributed by atoms with Gasteiger partial charge in [0, 0.05) is 44.3 Å². The minimum absolute atomic E-state index is 0. The van der Waals surface area contributed by atoms with Crippen LogP contribution in [0, 0.1) is 25.4 Å². The van der Waals surface area contributed by atoms with Gasteiger partial charge in [0.1, 0.15) is 5.82 Å². The van der Waals surface area contributed by atoms with Crippen LogP contribution in [0.4, 0.5) is 0 Å². The Hall–Kier alpha value is -7.33. The van der Waals surface area contributed by atoms with Gasteiger partial charge in [-0.1, -0.05) is 165 Å². The summed E-state index contributed by atoms with van der Waals surface area (Å²) < 4.78 is 99.5. The number of hydrogen-bond donors (Lipinski definition) is 0.